The summed E-state index contributed by atoms with van der Waals surface area (Å²) in [7, 11) is 1.45. The first kappa shape index (κ1) is 6.84. The topological polar surface area (TPSA) is 72.3 Å². The van der Waals surface area contributed by atoms with E-state index < -0.39 is 0 Å². The van der Waals surface area contributed by atoms with Gasteiger partial charge in [0.05, 0.1) is 13.2 Å². The Bertz CT molecular complexity index is 458. The maximum Gasteiger partial charge on any atom is 0.277 e. The highest BCUT2D eigenvalue weighted by Crippen LogP contribution is 2.00. The van der Waals surface area contributed by atoms with Gasteiger partial charge in [0.1, 0.15) is 6.33 Å². The molecule has 0 bridgehead atoms. The van der Waals surface area contributed by atoms with Crippen LogP contribution in [0.2, 0.25) is 0 Å². The van der Waals surface area contributed by atoms with E-state index >= 15 is 0 Å². The summed E-state index contributed by atoms with van der Waals surface area (Å²) in [5.41, 5.74) is -0.241. The van der Waals surface area contributed by atoms with Gasteiger partial charge >= 0.3 is 0 Å². The third-order valence-electron chi connectivity index (χ3n) is 1.45. The number of H-pyrrole nitrogens is 1. The summed E-state index contributed by atoms with van der Waals surface area (Å²) in [6, 6.07) is 1.28. The minimum absolute atomic E-state index is 0.241. The fraction of sp³-hybridized carbons (Fsp3) is 0.167. The van der Waals surface area contributed by atoms with Gasteiger partial charge in [-0.3, -0.25) is 9.89 Å². The van der Waals surface area contributed by atoms with Gasteiger partial charge in [-0.25, -0.2) is 4.98 Å². The van der Waals surface area contributed by atoms with Crippen LogP contribution in [0.25, 0.3) is 5.78 Å². The van der Waals surface area contributed by atoms with Gasteiger partial charge in [-0.15, -0.1) is 0 Å². The number of hydrogen-bond acceptors (Lipinski definition) is 4. The van der Waals surface area contributed by atoms with Gasteiger partial charge in [0.15, 0.2) is 0 Å². The number of aromatic nitrogens is 4. The molecule has 0 aliphatic carbocycles. The van der Waals surface area contributed by atoms with Crippen LogP contribution in [0, 0.1) is 0 Å². The highest BCUT2D eigenvalue weighted by atomic mass is 16.5. The van der Waals surface area contributed by atoms with Crippen LogP contribution >= 0.6 is 0 Å². The molecule has 62 valence electrons. The smallest absolute Gasteiger partial charge is 0.277 e. The zero-order valence-electron chi connectivity index (χ0n) is 6.31. The van der Waals surface area contributed by atoms with Crippen LogP contribution in [0.5, 0.6) is 5.88 Å². The number of nitrogens with zero attached hydrogens (tertiary/aromatic N) is 3. The second kappa shape index (κ2) is 2.33. The summed E-state index contributed by atoms with van der Waals surface area (Å²) in [6.45, 7) is 0. The van der Waals surface area contributed by atoms with E-state index in [-0.39, 0.29) is 11.4 Å². The van der Waals surface area contributed by atoms with Crippen molar-refractivity contribution >= 4 is 5.78 Å². The fourth-order valence-electron chi connectivity index (χ4n) is 0.906. The highest BCUT2D eigenvalue weighted by Gasteiger charge is 2.02. The lowest BCUT2D eigenvalue weighted by atomic mass is 10.6. The van der Waals surface area contributed by atoms with Crippen molar-refractivity contribution in [2.75, 3.05) is 7.11 Å². The molecule has 0 spiro atoms. The highest BCUT2D eigenvalue weighted by molar-refractivity contribution is 5.28. The van der Waals surface area contributed by atoms with Crippen LogP contribution in [-0.2, 0) is 0 Å². The Balaban J connectivity index is 2.84. The Hall–Kier alpha value is -1.85. The Kier molecular flexibility index (Phi) is 1.33. The van der Waals surface area contributed by atoms with Crippen molar-refractivity contribution < 1.29 is 4.74 Å². The van der Waals surface area contributed by atoms with Crippen molar-refractivity contribution in [1.82, 2.24) is 19.6 Å². The maximum atomic E-state index is 11.2. The van der Waals surface area contributed by atoms with Crippen LogP contribution in [0.3, 0.4) is 0 Å². The number of methoxy groups -OCH3 is 1. The third-order valence-corrected chi connectivity index (χ3v) is 1.45. The largest absolute Gasteiger partial charge is 0.481 e. The summed E-state index contributed by atoms with van der Waals surface area (Å²) < 4.78 is 6.02. The summed E-state index contributed by atoms with van der Waals surface area (Å²) in [5.74, 6) is 0.575. The van der Waals surface area contributed by atoms with Crippen molar-refractivity contribution in [3.63, 3.8) is 0 Å². The molecule has 12 heavy (non-hydrogen) atoms. The van der Waals surface area contributed by atoms with Crippen molar-refractivity contribution in [2.24, 2.45) is 0 Å². The Morgan fingerprint density at radius 2 is 2.50 bits per heavy atom. The molecule has 0 aliphatic heterocycles. The molecular weight excluding hydrogens is 160 g/mol. The molecule has 0 aliphatic rings. The molecule has 0 amide bonds. The molecule has 0 fully saturated rings. The molecule has 6 heteroatoms. The number of fused-ring (bicyclic) bond motifs is 1. The lowest BCUT2D eigenvalue weighted by Gasteiger charge is -1.95. The van der Waals surface area contributed by atoms with E-state index in [1.807, 2.05) is 0 Å². The number of hydrogen-bond donors (Lipinski definition) is 1. The number of nitrogens with one attached hydrogen (secondary N) is 1. The van der Waals surface area contributed by atoms with E-state index in [0.29, 0.717) is 5.78 Å². The standard InChI is InChI=1S/C6H6N4O2/c1-12-4-2-5(11)10-6(9-4)7-3-8-10/h2-3H,1H3,(H,7,8,9). The average molecular weight is 166 g/mol. The Labute approximate surface area is 66.8 Å². The zero-order valence-corrected chi connectivity index (χ0v) is 6.31. The second-order valence-corrected chi connectivity index (χ2v) is 2.16. The quantitative estimate of drug-likeness (QED) is 0.615. The van der Waals surface area contributed by atoms with Gasteiger partial charge in [-0.05, 0) is 0 Å². The SMILES string of the molecule is COc1cc(=O)n2[nH]cnc2n1. The lowest BCUT2D eigenvalue weighted by molar-refractivity contribution is 0.397. The van der Waals surface area contributed by atoms with Crippen molar-refractivity contribution in [3.05, 3.63) is 22.7 Å². The number of ether oxygens (including phenoxy) is 1. The lowest BCUT2D eigenvalue weighted by Crippen LogP contribution is -2.14. The predicted octanol–water partition coefficient (Wildman–Crippen LogP) is -0.574. The molecule has 0 saturated heterocycles. The summed E-state index contributed by atoms with van der Waals surface area (Å²) in [6.07, 6.45) is 1.39. The minimum atomic E-state index is -0.241. The monoisotopic (exact) mass is 166 g/mol. The molecule has 0 radical (unpaired) electrons. The summed E-state index contributed by atoms with van der Waals surface area (Å²) >= 11 is 0. The Morgan fingerprint density at radius 3 is 3.25 bits per heavy atom. The molecule has 6 nitrogen and oxygen atoms in total. The third kappa shape index (κ3) is 0.849. The van der Waals surface area contributed by atoms with Gasteiger partial charge < -0.3 is 4.74 Å². The first-order chi connectivity index (χ1) is 5.81. The van der Waals surface area contributed by atoms with Crippen molar-refractivity contribution in [2.45, 2.75) is 0 Å². The molecule has 2 aromatic heterocycles. The van der Waals surface area contributed by atoms with Gasteiger partial charge in [-0.1, -0.05) is 0 Å². The van der Waals surface area contributed by atoms with E-state index in [9.17, 15) is 4.79 Å². The van der Waals surface area contributed by atoms with E-state index in [1.54, 1.807) is 0 Å². The van der Waals surface area contributed by atoms with E-state index in [2.05, 4.69) is 15.1 Å². The molecule has 0 atom stereocenters. The van der Waals surface area contributed by atoms with Crippen LogP contribution in [0.1, 0.15) is 0 Å². The van der Waals surface area contributed by atoms with Crippen LogP contribution in [0.15, 0.2) is 17.2 Å². The minimum Gasteiger partial charge on any atom is -0.481 e. The molecule has 2 heterocycles. The van der Waals surface area contributed by atoms with E-state index in [1.165, 1.54) is 24.0 Å². The molecule has 2 rings (SSSR count). The van der Waals surface area contributed by atoms with Gasteiger partial charge in [0, 0.05) is 0 Å². The first-order valence-electron chi connectivity index (χ1n) is 3.28. The summed E-state index contributed by atoms with van der Waals surface area (Å²) in [4.78, 5) is 18.9. The molecule has 0 saturated carbocycles. The predicted molar refractivity (Wildman–Crippen MR) is 40.2 cm³/mol. The van der Waals surface area contributed by atoms with E-state index in [4.69, 9.17) is 4.74 Å². The maximum absolute atomic E-state index is 11.2. The number of aromatic amines is 1. The van der Waals surface area contributed by atoms with Crippen LogP contribution in [-0.4, -0.2) is 26.7 Å². The van der Waals surface area contributed by atoms with Crippen LogP contribution < -0.4 is 10.3 Å². The molecule has 0 unspecified atom stereocenters. The zero-order chi connectivity index (χ0) is 8.55. The fourth-order valence-corrected chi connectivity index (χ4v) is 0.906. The van der Waals surface area contributed by atoms with Gasteiger partial charge in [-0.2, -0.15) is 9.50 Å². The number of rotatable bonds is 1. The molecule has 0 aromatic carbocycles. The molecular formula is C6H6N4O2. The second-order valence-electron chi connectivity index (χ2n) is 2.16. The van der Waals surface area contributed by atoms with Crippen LogP contribution in [0.4, 0.5) is 0 Å². The molecule has 1 N–H and O–H groups in total. The normalized spacial score (nSPS) is 10.4. The van der Waals surface area contributed by atoms with Crippen molar-refractivity contribution in [3.8, 4) is 5.88 Å². The van der Waals surface area contributed by atoms with Crippen molar-refractivity contribution in [1.29, 1.82) is 0 Å². The molecule has 2 aromatic rings. The van der Waals surface area contributed by atoms with Gasteiger partial charge in [0.2, 0.25) is 5.88 Å². The van der Waals surface area contributed by atoms with Gasteiger partial charge in [0.25, 0.3) is 11.3 Å². The average Bonchev–Trinajstić information content (AvgIpc) is 2.52. The Morgan fingerprint density at radius 1 is 1.67 bits per heavy atom. The van der Waals surface area contributed by atoms with E-state index in [0.717, 1.165) is 0 Å². The first-order valence-corrected chi connectivity index (χ1v) is 3.28. The summed E-state index contributed by atoms with van der Waals surface area (Å²) in [5, 5.41) is 2.61.